The van der Waals surface area contributed by atoms with Crippen LogP contribution in [-0.4, -0.2) is 46.0 Å². The summed E-state index contributed by atoms with van der Waals surface area (Å²) < 4.78 is 0. The van der Waals surface area contributed by atoms with Gasteiger partial charge in [-0.3, -0.25) is 9.59 Å². The smallest absolute Gasteiger partial charge is 0.320 e. The number of nitrogens with zero attached hydrogens (tertiary/aromatic N) is 1. The molecule has 0 saturated heterocycles. The van der Waals surface area contributed by atoms with Gasteiger partial charge in [0.2, 0.25) is 5.78 Å². The quantitative estimate of drug-likeness (QED) is 0.602. The molecule has 6 heteroatoms. The van der Waals surface area contributed by atoms with Gasteiger partial charge >= 0.3 is 5.97 Å². The fourth-order valence-corrected chi connectivity index (χ4v) is 1.94. The van der Waals surface area contributed by atoms with E-state index in [9.17, 15) is 14.7 Å². The largest absolute Gasteiger partial charge is 0.503 e. The van der Waals surface area contributed by atoms with Crippen molar-refractivity contribution >= 4 is 11.8 Å². The summed E-state index contributed by atoms with van der Waals surface area (Å²) in [6.07, 6.45) is 2.28. The molecule has 0 radical (unpaired) electrons. The predicted octanol–water partition coefficient (Wildman–Crippen LogP) is 0.633. The molecule has 0 aliphatic carbocycles. The topological polar surface area (TPSA) is 104 Å². The Bertz CT molecular complexity index is 365. The van der Waals surface area contributed by atoms with Crippen LogP contribution in [0.25, 0.3) is 0 Å². The molecule has 1 aliphatic rings. The molecule has 6 nitrogen and oxygen atoms in total. The molecule has 0 spiro atoms. The van der Waals surface area contributed by atoms with Gasteiger partial charge in [-0.05, 0) is 26.2 Å². The minimum atomic E-state index is -0.979. The third-order valence-electron chi connectivity index (χ3n) is 3.20. The van der Waals surface area contributed by atoms with Gasteiger partial charge < -0.3 is 20.8 Å². The number of rotatable bonds is 6. The molecule has 0 aromatic heterocycles. The number of carbonyl (C=O) groups is 2. The molecular weight excluding hydrogens is 236 g/mol. The number of hydrogen-bond acceptors (Lipinski definition) is 5. The third-order valence-corrected chi connectivity index (χ3v) is 3.20. The zero-order chi connectivity index (χ0) is 13.7. The lowest BCUT2D eigenvalue weighted by atomic mass is 10.1. The van der Waals surface area contributed by atoms with Crippen LogP contribution in [0.2, 0.25) is 0 Å². The molecule has 0 fully saturated rings. The van der Waals surface area contributed by atoms with Crippen LogP contribution in [0.3, 0.4) is 0 Å². The van der Waals surface area contributed by atoms with Gasteiger partial charge in [-0.15, -0.1) is 0 Å². The molecular formula is C12H20N2O4. The summed E-state index contributed by atoms with van der Waals surface area (Å²) in [5.41, 5.74) is 6.00. The summed E-state index contributed by atoms with van der Waals surface area (Å²) in [5, 5.41) is 18.1. The van der Waals surface area contributed by atoms with Crippen molar-refractivity contribution in [1.29, 1.82) is 0 Å². The van der Waals surface area contributed by atoms with Crippen LogP contribution in [0.5, 0.6) is 0 Å². The zero-order valence-corrected chi connectivity index (χ0v) is 10.6. The Hall–Kier alpha value is -1.56. The lowest BCUT2D eigenvalue weighted by molar-refractivity contribution is -0.138. The number of aliphatic hydroxyl groups excluding tert-OH is 1. The first-order chi connectivity index (χ1) is 8.43. The van der Waals surface area contributed by atoms with Gasteiger partial charge in [0.25, 0.3) is 0 Å². The Morgan fingerprint density at radius 3 is 2.78 bits per heavy atom. The van der Waals surface area contributed by atoms with Crippen molar-refractivity contribution in [3.8, 4) is 0 Å². The third kappa shape index (κ3) is 3.73. The second kappa shape index (κ2) is 6.39. The first-order valence-corrected chi connectivity index (χ1v) is 6.10. The average Bonchev–Trinajstić information content (AvgIpc) is 2.33. The highest BCUT2D eigenvalue weighted by molar-refractivity contribution is 5.94. The number of aliphatic hydroxyl groups is 1. The highest BCUT2D eigenvalue weighted by atomic mass is 16.4. The van der Waals surface area contributed by atoms with Crippen LogP contribution in [-0.2, 0) is 9.59 Å². The number of Topliss-reactive ketones (excluding diaryl/α,β-unsaturated/α-hetero) is 1. The SMILES string of the molecule is CC1=C(O)C(=O)CCN1CCCCC(N)C(=O)O. The second-order valence-electron chi connectivity index (χ2n) is 4.53. The summed E-state index contributed by atoms with van der Waals surface area (Å²) in [6.45, 7) is 3.03. The lowest BCUT2D eigenvalue weighted by Gasteiger charge is -2.29. The Balaban J connectivity index is 2.32. The predicted molar refractivity (Wildman–Crippen MR) is 66.0 cm³/mol. The Labute approximate surface area is 106 Å². The Morgan fingerprint density at radius 2 is 2.17 bits per heavy atom. The summed E-state index contributed by atoms with van der Waals surface area (Å²) in [6, 6.07) is -0.807. The van der Waals surface area contributed by atoms with E-state index in [2.05, 4.69) is 0 Å². The van der Waals surface area contributed by atoms with Crippen molar-refractivity contribution in [2.24, 2.45) is 5.73 Å². The molecule has 1 unspecified atom stereocenters. The van der Waals surface area contributed by atoms with Gasteiger partial charge in [0.05, 0.1) is 5.70 Å². The van der Waals surface area contributed by atoms with E-state index in [0.717, 1.165) is 6.42 Å². The maximum absolute atomic E-state index is 11.2. The van der Waals surface area contributed by atoms with Crippen LogP contribution < -0.4 is 5.73 Å². The van der Waals surface area contributed by atoms with E-state index in [1.54, 1.807) is 6.92 Å². The first-order valence-electron chi connectivity index (χ1n) is 6.10. The van der Waals surface area contributed by atoms with Crippen LogP contribution in [0, 0.1) is 0 Å². The van der Waals surface area contributed by atoms with Gasteiger partial charge in [-0.25, -0.2) is 0 Å². The van der Waals surface area contributed by atoms with Crippen molar-refractivity contribution in [3.05, 3.63) is 11.5 Å². The zero-order valence-electron chi connectivity index (χ0n) is 10.6. The van der Waals surface area contributed by atoms with E-state index in [1.165, 1.54) is 0 Å². The number of carboxylic acid groups (broad SMARTS) is 1. The molecule has 0 aromatic carbocycles. The molecule has 1 rings (SSSR count). The van der Waals surface area contributed by atoms with Crippen LogP contribution in [0.15, 0.2) is 11.5 Å². The first kappa shape index (κ1) is 14.5. The van der Waals surface area contributed by atoms with Crippen molar-refractivity contribution < 1.29 is 19.8 Å². The van der Waals surface area contributed by atoms with E-state index < -0.39 is 12.0 Å². The fourth-order valence-electron chi connectivity index (χ4n) is 1.94. The molecule has 0 amide bonds. The van der Waals surface area contributed by atoms with Crippen LogP contribution in [0.1, 0.15) is 32.6 Å². The van der Waals surface area contributed by atoms with E-state index in [4.69, 9.17) is 10.8 Å². The van der Waals surface area contributed by atoms with Gasteiger partial charge in [-0.2, -0.15) is 0 Å². The van der Waals surface area contributed by atoms with Crippen molar-refractivity contribution in [2.75, 3.05) is 13.1 Å². The van der Waals surface area contributed by atoms with Crippen molar-refractivity contribution in [3.63, 3.8) is 0 Å². The number of carbonyl (C=O) groups excluding carboxylic acids is 1. The number of ketones is 1. The van der Waals surface area contributed by atoms with Crippen LogP contribution in [0.4, 0.5) is 0 Å². The highest BCUT2D eigenvalue weighted by Gasteiger charge is 2.22. The standard InChI is InChI=1S/C12H20N2O4/c1-8-11(16)10(15)5-7-14(8)6-3-2-4-9(13)12(17)18/h9,16H,2-7,13H2,1H3,(H,17,18). The number of nitrogens with two attached hydrogens (primary N) is 1. The van der Waals surface area contributed by atoms with Gasteiger partial charge in [0.15, 0.2) is 5.76 Å². The fraction of sp³-hybridized carbons (Fsp3) is 0.667. The maximum atomic E-state index is 11.2. The molecule has 0 bridgehead atoms. The number of carboxylic acids is 1. The monoisotopic (exact) mass is 256 g/mol. The summed E-state index contributed by atoms with van der Waals surface area (Å²) in [4.78, 5) is 23.7. The van der Waals surface area contributed by atoms with Crippen molar-refractivity contribution in [2.45, 2.75) is 38.6 Å². The Kier molecular flexibility index (Phi) is 5.15. The van der Waals surface area contributed by atoms with Crippen LogP contribution >= 0.6 is 0 Å². The Morgan fingerprint density at radius 1 is 1.50 bits per heavy atom. The maximum Gasteiger partial charge on any atom is 0.320 e. The number of aliphatic carboxylic acids is 1. The van der Waals surface area contributed by atoms with E-state index >= 15 is 0 Å². The van der Waals surface area contributed by atoms with Gasteiger partial charge in [0, 0.05) is 19.5 Å². The lowest BCUT2D eigenvalue weighted by Crippen LogP contribution is -2.33. The second-order valence-corrected chi connectivity index (χ2v) is 4.53. The summed E-state index contributed by atoms with van der Waals surface area (Å²) in [5.74, 6) is -1.34. The minimum Gasteiger partial charge on any atom is -0.503 e. The molecule has 1 heterocycles. The molecule has 18 heavy (non-hydrogen) atoms. The van der Waals surface area contributed by atoms with Gasteiger partial charge in [-0.1, -0.05) is 0 Å². The molecule has 1 atom stereocenters. The van der Waals surface area contributed by atoms with Gasteiger partial charge in [0.1, 0.15) is 6.04 Å². The average molecular weight is 256 g/mol. The molecule has 4 N–H and O–H groups in total. The summed E-state index contributed by atoms with van der Waals surface area (Å²) >= 11 is 0. The van der Waals surface area contributed by atoms with E-state index in [-0.39, 0.29) is 11.5 Å². The minimum absolute atomic E-state index is 0.150. The molecule has 1 aliphatic heterocycles. The molecule has 102 valence electrons. The number of unbranched alkanes of at least 4 members (excludes halogenated alkanes) is 1. The van der Waals surface area contributed by atoms with E-state index in [0.29, 0.717) is 38.0 Å². The van der Waals surface area contributed by atoms with Crippen molar-refractivity contribution in [1.82, 2.24) is 4.90 Å². The summed E-state index contributed by atoms with van der Waals surface area (Å²) in [7, 11) is 0. The molecule has 0 aromatic rings. The molecule has 0 saturated carbocycles. The number of hydrogen-bond donors (Lipinski definition) is 3. The normalized spacial score (nSPS) is 18.1. The highest BCUT2D eigenvalue weighted by Crippen LogP contribution is 2.18. The number of allylic oxidation sites excluding steroid dienone is 2. The van der Waals surface area contributed by atoms with E-state index in [1.807, 2.05) is 4.90 Å².